The van der Waals surface area contributed by atoms with Crippen molar-refractivity contribution in [2.45, 2.75) is 58.7 Å². The molecule has 1 heterocycles. The molecule has 0 fully saturated rings. The highest BCUT2D eigenvalue weighted by atomic mass is 32.3. The average molecular weight is 1100 g/mol. The van der Waals surface area contributed by atoms with Gasteiger partial charge in [-0.2, -0.15) is 0 Å². The summed E-state index contributed by atoms with van der Waals surface area (Å²) in [6.45, 7) is 0. The van der Waals surface area contributed by atoms with E-state index in [1.54, 1.807) is 0 Å². The predicted molar refractivity (Wildman–Crippen MR) is 336 cm³/mol. The Morgan fingerprint density at radius 2 is 0.333 bits per heavy atom. The molecule has 0 amide bonds. The highest BCUT2D eigenvalue weighted by molar-refractivity contribution is 8.35. The van der Waals surface area contributed by atoms with Gasteiger partial charge in [0.05, 0.1) is 0 Å². The molecule has 13 aromatic rings. The first kappa shape index (κ1) is 51.2. The van der Waals surface area contributed by atoms with Gasteiger partial charge in [0.1, 0.15) is 0 Å². The highest BCUT2D eigenvalue weighted by Crippen LogP contribution is 2.78. The number of hydrogen-bond donors (Lipinski definition) is 0. The van der Waals surface area contributed by atoms with Crippen molar-refractivity contribution in [3.05, 3.63) is 346 Å². The van der Waals surface area contributed by atoms with E-state index in [0.717, 1.165) is 16.7 Å². The smallest absolute Gasteiger partial charge is 0.164 e. The summed E-state index contributed by atoms with van der Waals surface area (Å²) in [6.07, 6.45) is 0. The van der Waals surface area contributed by atoms with Crippen LogP contribution >= 0.6 is 30.1 Å². The molecule has 81 heavy (non-hydrogen) atoms. The van der Waals surface area contributed by atoms with Crippen molar-refractivity contribution in [1.82, 2.24) is 15.0 Å². The molecule has 0 aliphatic carbocycles. The van der Waals surface area contributed by atoms with E-state index >= 15 is 0 Å². The first-order valence-electron chi connectivity index (χ1n) is 27.2. The Morgan fingerprint density at radius 1 is 0.148 bits per heavy atom. The molecule has 0 spiro atoms. The van der Waals surface area contributed by atoms with Crippen LogP contribution in [0.5, 0.6) is 0 Å². The van der Waals surface area contributed by atoms with Crippen molar-refractivity contribution < 1.29 is 0 Å². The lowest BCUT2D eigenvalue weighted by atomic mass is 10.1. The highest BCUT2D eigenvalue weighted by Gasteiger charge is 2.39. The zero-order valence-electron chi connectivity index (χ0n) is 44.5. The fraction of sp³-hybridized carbons (Fsp3) is 0. The molecule has 6 heteroatoms. The summed E-state index contributed by atoms with van der Waals surface area (Å²) >= 11 is 0. The third kappa shape index (κ3) is 9.37. The second-order valence-electron chi connectivity index (χ2n) is 19.5. The van der Waals surface area contributed by atoms with Gasteiger partial charge in [0.15, 0.2) is 17.5 Å². The zero-order valence-corrected chi connectivity index (χ0v) is 46.9. The molecule has 0 aliphatic heterocycles. The Hall–Kier alpha value is -9.30. The van der Waals surface area contributed by atoms with Crippen LogP contribution in [0.1, 0.15) is 0 Å². The summed E-state index contributed by atoms with van der Waals surface area (Å²) in [7, 11) is -6.41. The van der Waals surface area contributed by atoms with Crippen LogP contribution in [0.15, 0.2) is 405 Å². The lowest BCUT2D eigenvalue weighted by Gasteiger charge is -2.45. The topological polar surface area (TPSA) is 38.7 Å². The molecule has 1 aromatic heterocycles. The second kappa shape index (κ2) is 22.8. The van der Waals surface area contributed by atoms with Crippen LogP contribution in [0.3, 0.4) is 0 Å². The minimum absolute atomic E-state index is 0.592. The first-order valence-corrected chi connectivity index (χ1v) is 32.1. The van der Waals surface area contributed by atoms with E-state index in [4.69, 9.17) is 15.0 Å². The van der Waals surface area contributed by atoms with Crippen molar-refractivity contribution in [2.24, 2.45) is 0 Å². The lowest BCUT2D eigenvalue weighted by Crippen LogP contribution is -2.09. The minimum atomic E-state index is -2.24. The van der Waals surface area contributed by atoms with Gasteiger partial charge >= 0.3 is 0 Å². The molecule has 0 saturated heterocycles. The van der Waals surface area contributed by atoms with Gasteiger partial charge in [-0.3, -0.25) is 0 Å². The van der Waals surface area contributed by atoms with Crippen molar-refractivity contribution in [2.75, 3.05) is 0 Å². The molecule has 12 aromatic carbocycles. The number of nitrogens with zero attached hydrogens (tertiary/aromatic N) is 3. The SMILES string of the molecule is c1ccc(-c2nc(-c3ccc(S(c4ccccc4)(c4ccccc4)c4ccccc4)cc3)nc(-c3cc(S(c4ccccc4)(c4ccccc4)c4ccccc4)cc(S(c4ccccc4)(c4ccccc4)c4ccccc4)c3)n2)cc1. The summed E-state index contributed by atoms with van der Waals surface area (Å²) < 4.78 is 0. The Kier molecular flexibility index (Phi) is 14.4. The normalized spacial score (nSPS) is 12.3. The predicted octanol–water partition coefficient (Wildman–Crippen LogP) is 20.9. The summed E-state index contributed by atoms with van der Waals surface area (Å²) in [5, 5.41) is 0. The van der Waals surface area contributed by atoms with E-state index in [2.05, 4.69) is 340 Å². The Bertz CT molecular complexity index is 3730. The average Bonchev–Trinajstić information content (AvgIpc) is 3.75. The summed E-state index contributed by atoms with van der Waals surface area (Å²) in [6, 6.07) is 126. The lowest BCUT2D eigenvalue weighted by molar-refractivity contribution is 1.07. The van der Waals surface area contributed by atoms with Crippen LogP contribution in [-0.2, 0) is 0 Å². The van der Waals surface area contributed by atoms with Gasteiger partial charge in [0, 0.05) is 75.4 Å². The molecule has 3 nitrogen and oxygen atoms in total. The van der Waals surface area contributed by atoms with Gasteiger partial charge in [0.2, 0.25) is 0 Å². The van der Waals surface area contributed by atoms with Crippen molar-refractivity contribution in [3.8, 4) is 34.2 Å². The van der Waals surface area contributed by atoms with Crippen LogP contribution in [0, 0.1) is 0 Å². The van der Waals surface area contributed by atoms with Gasteiger partial charge in [-0.05, 0) is 140 Å². The van der Waals surface area contributed by atoms with Crippen LogP contribution < -0.4 is 0 Å². The maximum Gasteiger partial charge on any atom is 0.164 e. The minimum Gasteiger partial charge on any atom is -0.208 e. The number of hydrogen-bond acceptors (Lipinski definition) is 3. The monoisotopic (exact) mass is 1100 g/mol. The maximum absolute atomic E-state index is 5.65. The molecule has 0 atom stereocenters. The molecule has 0 bridgehead atoms. The fourth-order valence-corrected chi connectivity index (χ4v) is 23.1. The molecule has 0 radical (unpaired) electrons. The van der Waals surface area contributed by atoms with Crippen LogP contribution in [0.2, 0.25) is 0 Å². The maximum atomic E-state index is 5.65. The van der Waals surface area contributed by atoms with E-state index in [1.165, 1.54) is 58.7 Å². The summed E-state index contributed by atoms with van der Waals surface area (Å²) in [4.78, 5) is 31.3. The quantitative estimate of drug-likeness (QED) is 0.103. The molecular weight excluding hydrogens is 1040 g/mol. The molecule has 390 valence electrons. The molecular formula is C75H57N3S3. The van der Waals surface area contributed by atoms with E-state index in [-0.39, 0.29) is 0 Å². The van der Waals surface area contributed by atoms with Gasteiger partial charge in [0.25, 0.3) is 0 Å². The van der Waals surface area contributed by atoms with Gasteiger partial charge < -0.3 is 0 Å². The Morgan fingerprint density at radius 3 is 0.580 bits per heavy atom. The molecule has 0 N–H and O–H groups in total. The standard InChI is InChI=1S/C75H57N3S3/c1-11-31-58(32-12-1)73-76-74(59-51-53-70(54-52-59)79(61-33-13-2-14-34-61,62-35-15-3-16-36-62)63-37-17-4-18-38-63)78-75(77-73)60-55-71(80(64-39-19-5-20-40-64,65-41-21-6-22-42-65)66-43-23-7-24-44-66)57-72(56-60)81(67-45-25-8-26-46-67,68-47-27-9-28-48-68)69-49-29-10-30-50-69/h1-57H. The number of aromatic nitrogens is 3. The van der Waals surface area contributed by atoms with E-state index < -0.39 is 30.1 Å². The van der Waals surface area contributed by atoms with E-state index in [9.17, 15) is 0 Å². The number of rotatable bonds is 15. The summed E-state index contributed by atoms with van der Waals surface area (Å²) in [5.74, 6) is 1.79. The van der Waals surface area contributed by atoms with Crippen LogP contribution in [0.4, 0.5) is 0 Å². The molecule has 0 saturated carbocycles. The van der Waals surface area contributed by atoms with Crippen LogP contribution in [-0.4, -0.2) is 15.0 Å². The fourth-order valence-electron chi connectivity index (χ4n) is 11.3. The molecule has 0 unspecified atom stereocenters. The largest absolute Gasteiger partial charge is 0.208 e. The molecule has 0 aliphatic rings. The van der Waals surface area contributed by atoms with Crippen molar-refractivity contribution >= 4 is 30.1 Å². The second-order valence-corrected chi connectivity index (χ2v) is 28.9. The summed E-state index contributed by atoms with van der Waals surface area (Å²) in [5.41, 5.74) is 2.71. The Balaban J connectivity index is 1.12. The van der Waals surface area contributed by atoms with Crippen molar-refractivity contribution in [1.29, 1.82) is 0 Å². The zero-order chi connectivity index (χ0) is 54.3. The number of benzene rings is 12. The van der Waals surface area contributed by atoms with Crippen molar-refractivity contribution in [3.63, 3.8) is 0 Å². The van der Waals surface area contributed by atoms with Gasteiger partial charge in [-0.15, -0.1) is 30.1 Å². The molecule has 13 rings (SSSR count). The Labute approximate surface area is 480 Å². The third-order valence-corrected chi connectivity index (χ3v) is 26.5. The van der Waals surface area contributed by atoms with Gasteiger partial charge in [-0.1, -0.05) is 206 Å². The van der Waals surface area contributed by atoms with E-state index in [0.29, 0.717) is 17.5 Å². The van der Waals surface area contributed by atoms with E-state index in [1.807, 2.05) is 6.07 Å². The van der Waals surface area contributed by atoms with Gasteiger partial charge in [-0.25, -0.2) is 15.0 Å². The van der Waals surface area contributed by atoms with Crippen LogP contribution in [0.25, 0.3) is 34.2 Å². The first-order chi connectivity index (χ1) is 40.2. The third-order valence-electron chi connectivity index (χ3n) is 14.8.